The molecule has 23 heavy (non-hydrogen) atoms. The predicted molar refractivity (Wildman–Crippen MR) is 84.7 cm³/mol. The maximum atomic E-state index is 12.1. The Morgan fingerprint density at radius 1 is 1.43 bits per heavy atom. The Morgan fingerprint density at radius 3 is 2.61 bits per heavy atom. The second-order valence-corrected chi connectivity index (χ2v) is 4.69. The molecule has 122 valence electrons. The first-order chi connectivity index (χ1) is 11.0. The molecule has 1 aromatic carbocycles. The molecule has 2 amide bonds. The molecule has 0 aliphatic rings. The van der Waals surface area contributed by atoms with Crippen LogP contribution in [-0.2, 0) is 4.79 Å². The maximum Gasteiger partial charge on any atom is 0.267 e. The van der Waals surface area contributed by atoms with E-state index in [0.717, 1.165) is 0 Å². The number of nitrogens with one attached hydrogen (secondary N) is 2. The van der Waals surface area contributed by atoms with Crippen molar-refractivity contribution in [2.75, 3.05) is 6.61 Å². The molecule has 5 N–H and O–H groups in total. The average molecular weight is 317 g/mol. The zero-order valence-electron chi connectivity index (χ0n) is 12.7. The topological polar surface area (TPSA) is 114 Å². The van der Waals surface area contributed by atoms with Crippen molar-refractivity contribution in [3.63, 3.8) is 0 Å². The van der Waals surface area contributed by atoms with Gasteiger partial charge in [-0.2, -0.15) is 0 Å². The van der Waals surface area contributed by atoms with Crippen molar-refractivity contribution in [1.29, 1.82) is 0 Å². The first-order valence-corrected chi connectivity index (χ1v) is 6.84. The molecule has 0 fully saturated rings. The predicted octanol–water partition coefficient (Wildman–Crippen LogP) is 0.206. The van der Waals surface area contributed by atoms with Crippen LogP contribution >= 0.6 is 0 Å². The average Bonchev–Trinajstić information content (AvgIpc) is 2.56. The second-order valence-electron chi connectivity index (χ2n) is 4.69. The molecule has 0 bridgehead atoms. The molecule has 1 aromatic rings. The lowest BCUT2D eigenvalue weighted by Gasteiger charge is -2.20. The van der Waals surface area contributed by atoms with Crippen molar-refractivity contribution < 1.29 is 19.5 Å². The number of nitrogens with two attached hydrogens (primary N) is 1. The lowest BCUT2D eigenvalue weighted by molar-refractivity contribution is -0.131. The van der Waals surface area contributed by atoms with Gasteiger partial charge >= 0.3 is 0 Å². The van der Waals surface area contributed by atoms with Crippen LogP contribution in [0.1, 0.15) is 17.3 Å². The number of ether oxygens (including phenoxy) is 1. The number of carbonyl (C=O) groups is 2. The minimum absolute atomic E-state index is 0.319. The fraction of sp³-hybridized carbons (Fsp3) is 0.250. The van der Waals surface area contributed by atoms with E-state index in [9.17, 15) is 9.59 Å². The molecular formula is C16H19N3O4. The fourth-order valence-corrected chi connectivity index (χ4v) is 1.69. The molecule has 0 saturated heterocycles. The highest BCUT2D eigenvalue weighted by Gasteiger charge is 2.24. The number of amides is 2. The largest absolute Gasteiger partial charge is 0.490 e. The van der Waals surface area contributed by atoms with Crippen LogP contribution in [0, 0.1) is 12.3 Å². The summed E-state index contributed by atoms with van der Waals surface area (Å²) in [7, 11) is 0. The highest BCUT2D eigenvalue weighted by molar-refractivity contribution is 5.97. The van der Waals surface area contributed by atoms with Crippen molar-refractivity contribution in [2.45, 2.75) is 19.0 Å². The summed E-state index contributed by atoms with van der Waals surface area (Å²) in [4.78, 5) is 23.5. The molecule has 1 rings (SSSR count). The van der Waals surface area contributed by atoms with Gasteiger partial charge < -0.3 is 15.8 Å². The SMILES string of the molecule is C#CC=CCOc1ccc(C(=O)N[C@H](C(=O)NO)[C@@H](C)N)cc1. The number of hydroxylamine groups is 1. The van der Waals surface area contributed by atoms with E-state index in [4.69, 9.17) is 22.1 Å². The number of hydrogen-bond donors (Lipinski definition) is 4. The van der Waals surface area contributed by atoms with Crippen molar-refractivity contribution in [2.24, 2.45) is 5.73 Å². The van der Waals surface area contributed by atoms with Gasteiger partial charge in [-0.25, -0.2) is 5.48 Å². The van der Waals surface area contributed by atoms with Crippen molar-refractivity contribution >= 4 is 11.8 Å². The Morgan fingerprint density at radius 2 is 2.09 bits per heavy atom. The summed E-state index contributed by atoms with van der Waals surface area (Å²) in [6.07, 6.45) is 8.28. The van der Waals surface area contributed by atoms with Gasteiger partial charge in [-0.05, 0) is 43.3 Å². The van der Waals surface area contributed by atoms with Gasteiger partial charge in [0.2, 0.25) is 0 Å². The number of carbonyl (C=O) groups excluding carboxylic acids is 2. The fourth-order valence-electron chi connectivity index (χ4n) is 1.69. The quantitative estimate of drug-likeness (QED) is 0.326. The first-order valence-electron chi connectivity index (χ1n) is 6.84. The molecule has 0 heterocycles. The van der Waals surface area contributed by atoms with Gasteiger partial charge in [-0.1, -0.05) is 5.92 Å². The van der Waals surface area contributed by atoms with Crippen molar-refractivity contribution in [3.05, 3.63) is 42.0 Å². The van der Waals surface area contributed by atoms with Crippen LogP contribution in [0.15, 0.2) is 36.4 Å². The third-order valence-electron chi connectivity index (χ3n) is 2.88. The molecular weight excluding hydrogens is 298 g/mol. The summed E-state index contributed by atoms with van der Waals surface area (Å²) >= 11 is 0. The lowest BCUT2D eigenvalue weighted by Crippen LogP contribution is -2.54. The van der Waals surface area contributed by atoms with E-state index in [0.29, 0.717) is 17.9 Å². The smallest absolute Gasteiger partial charge is 0.267 e. The number of terminal acetylenes is 1. The monoisotopic (exact) mass is 317 g/mol. The number of hydrogen-bond acceptors (Lipinski definition) is 5. The summed E-state index contributed by atoms with van der Waals surface area (Å²) < 4.78 is 5.39. The van der Waals surface area contributed by atoms with E-state index in [1.165, 1.54) is 11.6 Å². The molecule has 2 atom stereocenters. The van der Waals surface area contributed by atoms with Crippen LogP contribution < -0.4 is 21.3 Å². The van der Waals surface area contributed by atoms with Gasteiger partial charge in [0.15, 0.2) is 0 Å². The number of rotatable bonds is 7. The highest BCUT2D eigenvalue weighted by Crippen LogP contribution is 2.12. The normalized spacial score (nSPS) is 13.0. The Kier molecular flexibility index (Phi) is 7.33. The maximum absolute atomic E-state index is 12.1. The standard InChI is InChI=1S/C16H19N3O4/c1-3-4-5-10-23-13-8-6-12(7-9-13)15(20)18-14(11(2)17)16(21)19-22/h1,4-9,11,14,22H,10,17H2,2H3,(H,18,20)(H,19,21)/t11-,14+/m1/s1. The van der Waals surface area contributed by atoms with E-state index in [1.54, 1.807) is 37.3 Å². The third-order valence-corrected chi connectivity index (χ3v) is 2.88. The summed E-state index contributed by atoms with van der Waals surface area (Å²) in [5, 5.41) is 11.1. The van der Waals surface area contributed by atoms with E-state index in [-0.39, 0.29) is 0 Å². The van der Waals surface area contributed by atoms with Gasteiger partial charge in [0, 0.05) is 11.6 Å². The Balaban J connectivity index is 2.68. The van der Waals surface area contributed by atoms with Gasteiger partial charge in [-0.3, -0.25) is 14.8 Å². The van der Waals surface area contributed by atoms with Crippen LogP contribution in [0.5, 0.6) is 5.75 Å². The van der Waals surface area contributed by atoms with Crippen LogP contribution in [-0.4, -0.2) is 35.7 Å². The molecule has 7 nitrogen and oxygen atoms in total. The van der Waals surface area contributed by atoms with E-state index in [1.807, 2.05) is 0 Å². The molecule has 0 aromatic heterocycles. The summed E-state index contributed by atoms with van der Waals surface area (Å²) in [6.45, 7) is 1.86. The minimum Gasteiger partial charge on any atom is -0.490 e. The van der Waals surface area contributed by atoms with Crippen molar-refractivity contribution in [3.8, 4) is 18.1 Å². The van der Waals surface area contributed by atoms with Gasteiger partial charge in [0.25, 0.3) is 11.8 Å². The Bertz CT molecular complexity index is 603. The van der Waals surface area contributed by atoms with Crippen LogP contribution in [0.4, 0.5) is 0 Å². The van der Waals surface area contributed by atoms with E-state index >= 15 is 0 Å². The van der Waals surface area contributed by atoms with Gasteiger partial charge in [0.05, 0.1) is 0 Å². The third kappa shape index (κ3) is 5.82. The molecule has 0 aliphatic heterocycles. The second kappa shape index (κ2) is 9.25. The van der Waals surface area contributed by atoms with Crippen LogP contribution in [0.3, 0.4) is 0 Å². The van der Waals surface area contributed by atoms with Gasteiger partial charge in [0.1, 0.15) is 18.4 Å². The summed E-state index contributed by atoms with van der Waals surface area (Å²) in [5.74, 6) is 1.64. The molecule has 0 saturated carbocycles. The molecule has 0 unspecified atom stereocenters. The minimum atomic E-state index is -1.04. The van der Waals surface area contributed by atoms with Gasteiger partial charge in [-0.15, -0.1) is 6.42 Å². The number of benzene rings is 1. The molecule has 0 aliphatic carbocycles. The van der Waals surface area contributed by atoms with E-state index < -0.39 is 23.9 Å². The zero-order chi connectivity index (χ0) is 17.2. The van der Waals surface area contributed by atoms with E-state index in [2.05, 4.69) is 11.2 Å². The molecule has 0 radical (unpaired) electrons. The lowest BCUT2D eigenvalue weighted by atomic mass is 10.1. The van der Waals surface area contributed by atoms with Crippen LogP contribution in [0.25, 0.3) is 0 Å². The Labute approximate surface area is 134 Å². The summed E-state index contributed by atoms with van der Waals surface area (Å²) in [5.41, 5.74) is 7.41. The Hall–Kier alpha value is -2.82. The number of allylic oxidation sites excluding steroid dienone is 1. The first kappa shape index (κ1) is 18.2. The zero-order valence-corrected chi connectivity index (χ0v) is 12.7. The van der Waals surface area contributed by atoms with Crippen LogP contribution in [0.2, 0.25) is 0 Å². The highest BCUT2D eigenvalue weighted by atomic mass is 16.5. The molecule has 0 spiro atoms. The molecule has 7 heteroatoms. The van der Waals surface area contributed by atoms with Crippen molar-refractivity contribution in [1.82, 2.24) is 10.8 Å². The summed E-state index contributed by atoms with van der Waals surface area (Å²) in [6, 6.07) is 4.61.